The maximum absolute atomic E-state index is 16.4. The lowest BCUT2D eigenvalue weighted by Crippen LogP contribution is -2.51. The monoisotopic (exact) mass is 831 g/mol. The van der Waals surface area contributed by atoms with E-state index in [-0.39, 0.29) is 61.1 Å². The highest BCUT2D eigenvalue weighted by atomic mass is 19.1. The van der Waals surface area contributed by atoms with Gasteiger partial charge in [-0.25, -0.2) is 13.6 Å². The van der Waals surface area contributed by atoms with Crippen LogP contribution in [0.4, 0.5) is 30.8 Å². The number of piperidine rings is 3. The number of carbonyl (C=O) groups excluding carboxylic acids is 3. The molecular weight excluding hydrogens is 781 g/mol. The molecule has 4 aliphatic rings. The van der Waals surface area contributed by atoms with E-state index >= 15 is 8.78 Å². The Morgan fingerprint density at radius 3 is 2.44 bits per heavy atom. The second-order valence-corrected chi connectivity index (χ2v) is 17.2. The third kappa shape index (κ3) is 8.22. The van der Waals surface area contributed by atoms with Gasteiger partial charge in [-0.1, -0.05) is 24.3 Å². The molecule has 4 N–H and O–H groups in total. The second kappa shape index (κ2) is 16.4. The zero-order valence-corrected chi connectivity index (χ0v) is 34.3. The molecule has 4 fully saturated rings. The summed E-state index contributed by atoms with van der Waals surface area (Å²) >= 11 is 0. The molecule has 0 bridgehead atoms. The Kier molecular flexibility index (Phi) is 10.8. The van der Waals surface area contributed by atoms with Crippen LogP contribution in [0.15, 0.2) is 79.0 Å². The normalized spacial score (nSPS) is 21.5. The standard InChI is InChI=1S/C46H51F2N9O4/c1-29-25-57(39-11-10-35(23-37(29)39)56-19-14-42(59)50-45(56)61)34-12-17-53(18-13-34)28-46(48)15-20-54(21-16-46)44(60)31-8-6-30(7-9-31)32-22-33(47)27-55(26-32)40-24-38(51-52-43(40)49)36-4-2-3-5-41(36)58/h2-11,23-25,32-34,58H,12-22,26-28H2,1H3,(H2,49,52)(H,50,59,61)/t32-,33+/m0/s1. The number of hydrogen-bond donors (Lipinski definition) is 3. The molecule has 0 radical (unpaired) electrons. The highest BCUT2D eigenvalue weighted by Crippen LogP contribution is 2.38. The third-order valence-electron chi connectivity index (χ3n) is 13.1. The number of rotatable bonds is 8. The SMILES string of the molecule is Cc1cn(C2CCN(CC3(F)CCN(C(=O)c4ccc([C@H]5C[C@@H](F)CN(c6cc(-c7ccccc7O)nnc6N)C5)cc4)CC3)CC2)c2ccc(N3CCC(=O)NC3=O)cc12. The number of carbonyl (C=O) groups is 3. The van der Waals surface area contributed by atoms with Crippen molar-refractivity contribution in [1.82, 2.24) is 29.9 Å². The lowest BCUT2D eigenvalue weighted by molar-refractivity contribution is -0.120. The predicted molar refractivity (Wildman–Crippen MR) is 230 cm³/mol. The smallest absolute Gasteiger partial charge is 0.328 e. The fraction of sp³-hybridized carbons (Fsp3) is 0.413. The van der Waals surface area contributed by atoms with Crippen LogP contribution in [0.25, 0.3) is 22.2 Å². The van der Waals surface area contributed by atoms with Crippen molar-refractivity contribution in [3.05, 3.63) is 95.7 Å². The summed E-state index contributed by atoms with van der Waals surface area (Å²) in [5.74, 6) is -0.310. The number of para-hydroxylation sites is 1. The predicted octanol–water partition coefficient (Wildman–Crippen LogP) is 6.75. The van der Waals surface area contributed by atoms with Gasteiger partial charge >= 0.3 is 6.03 Å². The van der Waals surface area contributed by atoms with Gasteiger partial charge in [-0.05, 0) is 85.8 Å². The van der Waals surface area contributed by atoms with E-state index in [9.17, 15) is 19.5 Å². The Balaban J connectivity index is 0.776. The van der Waals surface area contributed by atoms with Crippen LogP contribution >= 0.6 is 0 Å². The van der Waals surface area contributed by atoms with Crippen LogP contribution < -0.4 is 20.9 Å². The van der Waals surface area contributed by atoms with Gasteiger partial charge in [0.15, 0.2) is 5.82 Å². The van der Waals surface area contributed by atoms with E-state index in [1.165, 1.54) is 0 Å². The number of halogens is 2. The number of nitrogens with zero attached hydrogens (tertiary/aromatic N) is 7. The number of nitrogens with two attached hydrogens (primary N) is 1. The van der Waals surface area contributed by atoms with Gasteiger partial charge in [-0.15, -0.1) is 10.2 Å². The second-order valence-electron chi connectivity index (χ2n) is 17.2. The molecule has 0 saturated carbocycles. The molecule has 13 nitrogen and oxygen atoms in total. The molecule has 0 unspecified atom stereocenters. The van der Waals surface area contributed by atoms with Gasteiger partial charge < -0.3 is 30.1 Å². The summed E-state index contributed by atoms with van der Waals surface area (Å²) in [6.45, 7) is 5.63. The summed E-state index contributed by atoms with van der Waals surface area (Å²) in [6, 6.07) is 21.8. The number of phenolic OH excluding ortho intramolecular Hbond substituents is 1. The van der Waals surface area contributed by atoms with Gasteiger partial charge in [0.1, 0.15) is 17.6 Å². The zero-order valence-electron chi connectivity index (χ0n) is 34.3. The number of aromatic hydroxyl groups is 1. The third-order valence-corrected chi connectivity index (χ3v) is 13.1. The van der Waals surface area contributed by atoms with Crippen molar-refractivity contribution in [2.45, 2.75) is 69.2 Å². The van der Waals surface area contributed by atoms with E-state index in [2.05, 4.69) is 38.1 Å². The van der Waals surface area contributed by atoms with E-state index in [4.69, 9.17) is 5.73 Å². The quantitative estimate of drug-likeness (QED) is 0.154. The van der Waals surface area contributed by atoms with Crippen molar-refractivity contribution >= 4 is 45.9 Å². The van der Waals surface area contributed by atoms with Gasteiger partial charge in [0.05, 0.1) is 11.4 Å². The molecule has 6 heterocycles. The van der Waals surface area contributed by atoms with Crippen molar-refractivity contribution in [1.29, 1.82) is 0 Å². The lowest BCUT2D eigenvalue weighted by atomic mass is 9.88. The summed E-state index contributed by atoms with van der Waals surface area (Å²) in [5, 5.41) is 22.1. The van der Waals surface area contributed by atoms with Gasteiger partial charge in [-0.2, -0.15) is 0 Å². The number of benzene rings is 3. The molecule has 4 aliphatic heterocycles. The van der Waals surface area contributed by atoms with E-state index in [1.54, 1.807) is 52.3 Å². The van der Waals surface area contributed by atoms with Crippen molar-refractivity contribution < 1.29 is 28.3 Å². The average molecular weight is 832 g/mol. The first-order valence-electron chi connectivity index (χ1n) is 21.2. The molecule has 5 aromatic rings. The van der Waals surface area contributed by atoms with Crippen LogP contribution in [0.1, 0.15) is 72.0 Å². The first kappa shape index (κ1) is 40.3. The number of fused-ring (bicyclic) bond motifs is 1. The van der Waals surface area contributed by atoms with E-state index in [1.807, 2.05) is 35.2 Å². The maximum Gasteiger partial charge on any atom is 0.328 e. The van der Waals surface area contributed by atoms with E-state index in [0.717, 1.165) is 53.6 Å². The largest absolute Gasteiger partial charge is 0.507 e. The Hall–Kier alpha value is -6.09. The highest BCUT2D eigenvalue weighted by molar-refractivity contribution is 6.06. The van der Waals surface area contributed by atoms with Crippen molar-refractivity contribution in [3.8, 4) is 17.0 Å². The topological polar surface area (TPSA) is 153 Å². The summed E-state index contributed by atoms with van der Waals surface area (Å²) in [4.78, 5) is 45.2. The molecule has 0 spiro atoms. The van der Waals surface area contributed by atoms with Gasteiger partial charge in [-0.3, -0.25) is 19.8 Å². The Bertz CT molecular complexity index is 2460. The number of urea groups is 1. The van der Waals surface area contributed by atoms with Crippen LogP contribution in [0.5, 0.6) is 5.75 Å². The van der Waals surface area contributed by atoms with Crippen molar-refractivity contribution in [2.75, 3.05) is 67.9 Å². The number of likely N-dealkylation sites (tertiary alicyclic amines) is 2. The summed E-state index contributed by atoms with van der Waals surface area (Å²) < 4.78 is 34.0. The summed E-state index contributed by atoms with van der Waals surface area (Å²) in [6.07, 6.45) is 3.98. The average Bonchev–Trinajstić information content (AvgIpc) is 3.59. The Morgan fingerprint density at radius 2 is 1.70 bits per heavy atom. The van der Waals surface area contributed by atoms with E-state index < -0.39 is 17.9 Å². The van der Waals surface area contributed by atoms with Crippen molar-refractivity contribution in [2.24, 2.45) is 0 Å². The first-order valence-corrected chi connectivity index (χ1v) is 21.2. The number of anilines is 3. The number of aryl methyl sites for hydroxylation is 1. The number of nitrogen functional groups attached to an aromatic ring is 1. The summed E-state index contributed by atoms with van der Waals surface area (Å²) in [7, 11) is 0. The molecule has 2 aromatic heterocycles. The molecule has 318 valence electrons. The molecule has 61 heavy (non-hydrogen) atoms. The molecular formula is C46H51F2N9O4. The van der Waals surface area contributed by atoms with Gasteiger partial charge in [0.2, 0.25) is 5.91 Å². The maximum atomic E-state index is 16.4. The van der Waals surface area contributed by atoms with Crippen LogP contribution in [0, 0.1) is 6.92 Å². The number of phenols is 1. The molecule has 4 saturated heterocycles. The van der Waals surface area contributed by atoms with Crippen LogP contribution in [-0.2, 0) is 4.79 Å². The van der Waals surface area contributed by atoms with Gasteiger partial charge in [0, 0.05) is 117 Å². The summed E-state index contributed by atoms with van der Waals surface area (Å²) in [5.41, 5.74) is 10.8. The van der Waals surface area contributed by atoms with Crippen LogP contribution in [0.3, 0.4) is 0 Å². The fourth-order valence-corrected chi connectivity index (χ4v) is 9.74. The minimum Gasteiger partial charge on any atom is -0.507 e. The number of nitrogens with one attached hydrogen (secondary N) is 1. The minimum absolute atomic E-state index is 0.0619. The number of hydrogen-bond acceptors (Lipinski definition) is 9. The number of alkyl halides is 2. The fourth-order valence-electron chi connectivity index (χ4n) is 9.74. The molecule has 3 aromatic carbocycles. The molecule has 2 atom stereocenters. The molecule has 4 amide bonds. The Labute approximate surface area is 353 Å². The molecule has 0 aliphatic carbocycles. The number of imide groups is 1. The molecule has 15 heteroatoms. The zero-order chi connectivity index (χ0) is 42.4. The number of aromatic nitrogens is 3. The minimum atomic E-state index is -1.38. The van der Waals surface area contributed by atoms with Gasteiger partial charge in [0.25, 0.3) is 5.91 Å². The number of amides is 4. The van der Waals surface area contributed by atoms with Crippen LogP contribution in [-0.4, -0.2) is 112 Å². The van der Waals surface area contributed by atoms with E-state index in [0.29, 0.717) is 61.7 Å². The lowest BCUT2D eigenvalue weighted by Gasteiger charge is -2.41. The first-order chi connectivity index (χ1) is 29.4. The van der Waals surface area contributed by atoms with Crippen molar-refractivity contribution in [3.63, 3.8) is 0 Å². The highest BCUT2D eigenvalue weighted by Gasteiger charge is 2.39. The Morgan fingerprint density at radius 1 is 0.951 bits per heavy atom. The molecule has 9 rings (SSSR count). The van der Waals surface area contributed by atoms with Crippen LogP contribution in [0.2, 0.25) is 0 Å².